The highest BCUT2D eigenvalue weighted by Crippen LogP contribution is 2.27. The lowest BCUT2D eigenvalue weighted by molar-refractivity contribution is 0.413. The number of anilines is 1. The summed E-state index contributed by atoms with van der Waals surface area (Å²) in [4.78, 5) is 8.08. The van der Waals surface area contributed by atoms with Crippen LogP contribution in [0.15, 0.2) is 30.6 Å². The van der Waals surface area contributed by atoms with Gasteiger partial charge in [0.25, 0.3) is 0 Å². The van der Waals surface area contributed by atoms with E-state index in [1.54, 1.807) is 37.7 Å². The summed E-state index contributed by atoms with van der Waals surface area (Å²) in [5.74, 6) is 1.19. The van der Waals surface area contributed by atoms with Gasteiger partial charge in [0, 0.05) is 18.5 Å². The Morgan fingerprint density at radius 1 is 1.18 bits per heavy atom. The average Bonchev–Trinajstić information content (AvgIpc) is 2.32. The first-order valence-electron chi connectivity index (χ1n) is 5.09. The normalized spacial score (nSPS) is 10.0. The van der Waals surface area contributed by atoms with Gasteiger partial charge in [-0.05, 0) is 24.6 Å². The third-order valence-corrected chi connectivity index (χ3v) is 2.17. The van der Waals surface area contributed by atoms with Crippen LogP contribution < -0.4 is 15.2 Å². The lowest BCUT2D eigenvalue weighted by Crippen LogP contribution is -1.95. The molecule has 1 heterocycles. The van der Waals surface area contributed by atoms with Gasteiger partial charge in [-0.15, -0.1) is 0 Å². The molecule has 0 spiro atoms. The zero-order valence-corrected chi connectivity index (χ0v) is 9.68. The van der Waals surface area contributed by atoms with E-state index in [1.165, 1.54) is 0 Å². The molecule has 2 rings (SSSR count). The minimum Gasteiger partial charge on any atom is -0.495 e. The van der Waals surface area contributed by atoms with Crippen molar-refractivity contribution in [3.8, 4) is 17.5 Å². The predicted octanol–water partition coefficient (Wildman–Crippen LogP) is 2.17. The smallest absolute Gasteiger partial charge is 0.321 e. The molecule has 1 aromatic carbocycles. The Kier molecular flexibility index (Phi) is 3.09. The number of aryl methyl sites for hydroxylation is 1. The van der Waals surface area contributed by atoms with Crippen LogP contribution in [0.25, 0.3) is 0 Å². The molecule has 0 bridgehead atoms. The van der Waals surface area contributed by atoms with Crippen molar-refractivity contribution >= 4 is 5.69 Å². The van der Waals surface area contributed by atoms with Crippen molar-refractivity contribution in [1.82, 2.24) is 9.97 Å². The van der Waals surface area contributed by atoms with Crippen LogP contribution in [-0.4, -0.2) is 17.1 Å². The molecule has 0 saturated heterocycles. The van der Waals surface area contributed by atoms with E-state index >= 15 is 0 Å². The van der Waals surface area contributed by atoms with Crippen molar-refractivity contribution in [3.05, 3.63) is 36.2 Å². The first kappa shape index (κ1) is 11.2. The van der Waals surface area contributed by atoms with Gasteiger partial charge in [0.2, 0.25) is 0 Å². The van der Waals surface area contributed by atoms with Crippen LogP contribution in [0.5, 0.6) is 17.5 Å². The number of hydrogen-bond acceptors (Lipinski definition) is 5. The van der Waals surface area contributed by atoms with E-state index in [9.17, 15) is 0 Å². The number of hydrogen-bond donors (Lipinski definition) is 1. The van der Waals surface area contributed by atoms with Crippen LogP contribution in [0.4, 0.5) is 5.69 Å². The van der Waals surface area contributed by atoms with E-state index < -0.39 is 0 Å². The number of ether oxygens (including phenoxy) is 2. The molecule has 0 fully saturated rings. The lowest BCUT2D eigenvalue weighted by atomic mass is 10.3. The largest absolute Gasteiger partial charge is 0.495 e. The molecule has 0 saturated carbocycles. The maximum absolute atomic E-state index is 5.76. The minimum absolute atomic E-state index is 0.292. The van der Waals surface area contributed by atoms with Gasteiger partial charge < -0.3 is 15.2 Å². The van der Waals surface area contributed by atoms with Gasteiger partial charge in [-0.25, -0.2) is 9.97 Å². The fraction of sp³-hybridized carbons (Fsp3) is 0.167. The molecule has 0 radical (unpaired) electrons. The molecule has 17 heavy (non-hydrogen) atoms. The Hall–Kier alpha value is -2.30. The molecule has 0 unspecified atom stereocenters. The van der Waals surface area contributed by atoms with Gasteiger partial charge in [-0.2, -0.15) is 0 Å². The lowest BCUT2D eigenvalue weighted by Gasteiger charge is -2.07. The summed E-state index contributed by atoms with van der Waals surface area (Å²) in [5.41, 5.74) is 7.25. The van der Waals surface area contributed by atoms with Crippen LogP contribution in [0.1, 0.15) is 5.56 Å². The fourth-order valence-corrected chi connectivity index (χ4v) is 1.31. The molecule has 2 N–H and O–H groups in total. The molecule has 88 valence electrons. The van der Waals surface area contributed by atoms with Gasteiger partial charge in [-0.3, -0.25) is 0 Å². The highest BCUT2D eigenvalue weighted by Gasteiger charge is 2.04. The van der Waals surface area contributed by atoms with Gasteiger partial charge in [0.1, 0.15) is 11.5 Å². The number of nitrogen functional groups attached to an aromatic ring is 1. The van der Waals surface area contributed by atoms with Crippen LogP contribution in [0.2, 0.25) is 0 Å². The predicted molar refractivity (Wildman–Crippen MR) is 64.2 cm³/mol. The molecule has 0 aliphatic heterocycles. The van der Waals surface area contributed by atoms with Gasteiger partial charge >= 0.3 is 6.01 Å². The van der Waals surface area contributed by atoms with Crippen LogP contribution >= 0.6 is 0 Å². The molecule has 2 aromatic rings. The summed E-state index contributed by atoms with van der Waals surface area (Å²) in [6.07, 6.45) is 3.38. The standard InChI is InChI=1S/C12H13N3O2/c1-8-6-14-12(15-7-8)17-9-3-4-11(16-2)10(13)5-9/h3-7H,13H2,1-2H3. The van der Waals surface area contributed by atoms with Crippen molar-refractivity contribution < 1.29 is 9.47 Å². The van der Waals surface area contributed by atoms with Crippen LogP contribution in [0, 0.1) is 6.92 Å². The second-order valence-electron chi connectivity index (χ2n) is 3.55. The van der Waals surface area contributed by atoms with E-state index in [0.29, 0.717) is 23.2 Å². The zero-order valence-electron chi connectivity index (χ0n) is 9.68. The number of nitrogens with two attached hydrogens (primary N) is 1. The van der Waals surface area contributed by atoms with Crippen molar-refractivity contribution in [2.24, 2.45) is 0 Å². The quantitative estimate of drug-likeness (QED) is 0.820. The summed E-state index contributed by atoms with van der Waals surface area (Å²) < 4.78 is 10.5. The molecule has 5 heteroatoms. The highest BCUT2D eigenvalue weighted by atomic mass is 16.5. The van der Waals surface area contributed by atoms with Crippen molar-refractivity contribution in [1.29, 1.82) is 0 Å². The van der Waals surface area contributed by atoms with E-state index in [1.807, 2.05) is 6.92 Å². The average molecular weight is 231 g/mol. The number of benzene rings is 1. The molecule has 1 aromatic heterocycles. The maximum atomic E-state index is 5.76. The fourth-order valence-electron chi connectivity index (χ4n) is 1.31. The third kappa shape index (κ3) is 2.63. The highest BCUT2D eigenvalue weighted by molar-refractivity contribution is 5.56. The van der Waals surface area contributed by atoms with Crippen molar-refractivity contribution in [2.45, 2.75) is 6.92 Å². The summed E-state index contributed by atoms with van der Waals surface area (Å²) in [7, 11) is 1.56. The molecule has 0 aliphatic rings. The summed E-state index contributed by atoms with van der Waals surface area (Å²) >= 11 is 0. The number of nitrogens with zero attached hydrogens (tertiary/aromatic N) is 2. The first-order chi connectivity index (χ1) is 8.19. The third-order valence-electron chi connectivity index (χ3n) is 2.17. The minimum atomic E-state index is 0.292. The summed E-state index contributed by atoms with van der Waals surface area (Å²) in [5, 5.41) is 0. The summed E-state index contributed by atoms with van der Waals surface area (Å²) in [6, 6.07) is 5.44. The topological polar surface area (TPSA) is 70.3 Å². The molecular formula is C12H13N3O2. The van der Waals surface area contributed by atoms with Crippen molar-refractivity contribution in [2.75, 3.05) is 12.8 Å². The number of rotatable bonds is 3. The van der Waals surface area contributed by atoms with Crippen LogP contribution in [-0.2, 0) is 0 Å². The Labute approximate surface area is 99.2 Å². The molecule has 5 nitrogen and oxygen atoms in total. The van der Waals surface area contributed by atoms with Crippen LogP contribution in [0.3, 0.4) is 0 Å². The number of methoxy groups -OCH3 is 1. The Morgan fingerprint density at radius 3 is 2.47 bits per heavy atom. The zero-order chi connectivity index (χ0) is 12.3. The van der Waals surface area contributed by atoms with E-state index in [2.05, 4.69) is 9.97 Å². The molecule has 0 aliphatic carbocycles. The Balaban J connectivity index is 2.19. The Bertz CT molecular complexity index is 512. The van der Waals surface area contributed by atoms with Gasteiger partial charge in [0.05, 0.1) is 12.8 Å². The van der Waals surface area contributed by atoms with Gasteiger partial charge in [0.15, 0.2) is 0 Å². The molecule has 0 atom stereocenters. The Morgan fingerprint density at radius 2 is 1.88 bits per heavy atom. The second kappa shape index (κ2) is 4.69. The molecule has 0 amide bonds. The first-order valence-corrected chi connectivity index (χ1v) is 5.09. The van der Waals surface area contributed by atoms with E-state index in [-0.39, 0.29) is 0 Å². The molecular weight excluding hydrogens is 218 g/mol. The van der Waals surface area contributed by atoms with E-state index in [4.69, 9.17) is 15.2 Å². The summed E-state index contributed by atoms with van der Waals surface area (Å²) in [6.45, 7) is 1.91. The SMILES string of the molecule is COc1ccc(Oc2ncc(C)cn2)cc1N. The second-order valence-corrected chi connectivity index (χ2v) is 3.55. The number of aromatic nitrogens is 2. The monoisotopic (exact) mass is 231 g/mol. The van der Waals surface area contributed by atoms with E-state index in [0.717, 1.165) is 5.56 Å². The maximum Gasteiger partial charge on any atom is 0.321 e. The van der Waals surface area contributed by atoms with Crippen molar-refractivity contribution in [3.63, 3.8) is 0 Å². The van der Waals surface area contributed by atoms with Gasteiger partial charge in [-0.1, -0.05) is 0 Å².